The Morgan fingerprint density at radius 3 is 3.05 bits per heavy atom. The van der Waals surface area contributed by atoms with Gasteiger partial charge in [0.1, 0.15) is 4.88 Å². The Labute approximate surface area is 115 Å². The van der Waals surface area contributed by atoms with Crippen LogP contribution in [0, 0.1) is 0 Å². The molecule has 0 saturated carbocycles. The van der Waals surface area contributed by atoms with Gasteiger partial charge in [-0.2, -0.15) is 0 Å². The molecule has 2 aromatic heterocycles. The lowest BCUT2D eigenvalue weighted by Crippen LogP contribution is -1.95. The molecule has 3 aromatic rings. The van der Waals surface area contributed by atoms with Crippen LogP contribution in [0.4, 0.5) is 0 Å². The molecule has 0 aliphatic carbocycles. The fourth-order valence-corrected chi connectivity index (χ4v) is 2.73. The third-order valence-electron chi connectivity index (χ3n) is 3.04. The van der Waals surface area contributed by atoms with Gasteiger partial charge in [0, 0.05) is 6.54 Å². The van der Waals surface area contributed by atoms with Crippen LogP contribution < -0.4 is 5.73 Å². The van der Waals surface area contributed by atoms with Crippen molar-refractivity contribution in [3.8, 4) is 10.7 Å². The van der Waals surface area contributed by atoms with Gasteiger partial charge >= 0.3 is 0 Å². The Morgan fingerprint density at radius 1 is 1.37 bits per heavy atom. The minimum absolute atomic E-state index is 0.535. The number of aryl methyl sites for hydroxylation is 1. The van der Waals surface area contributed by atoms with Crippen LogP contribution in [0.1, 0.15) is 24.6 Å². The van der Waals surface area contributed by atoms with Crippen LogP contribution in [0.3, 0.4) is 0 Å². The molecule has 0 spiro atoms. The molecular formula is C13H15N5S. The van der Waals surface area contributed by atoms with E-state index in [4.69, 9.17) is 5.73 Å². The molecule has 0 atom stereocenters. The summed E-state index contributed by atoms with van der Waals surface area (Å²) in [5, 5.41) is 4.17. The molecule has 0 radical (unpaired) electrons. The molecule has 0 aliphatic rings. The van der Waals surface area contributed by atoms with Gasteiger partial charge in [-0.25, -0.2) is 4.98 Å². The average molecular weight is 273 g/mol. The number of nitrogens with two attached hydrogens (primary N) is 1. The number of aromatic nitrogens is 4. The normalized spacial score (nSPS) is 11.3. The van der Waals surface area contributed by atoms with Gasteiger partial charge in [0.05, 0.1) is 16.7 Å². The van der Waals surface area contributed by atoms with Gasteiger partial charge in [0.15, 0.2) is 5.82 Å². The Bertz CT molecular complexity index is 700. The minimum atomic E-state index is 0.535. The molecule has 0 bridgehead atoms. The summed E-state index contributed by atoms with van der Waals surface area (Å²) in [7, 11) is 0. The number of hydrogen-bond donors (Lipinski definition) is 2. The van der Waals surface area contributed by atoms with Gasteiger partial charge in [-0.15, -0.1) is 5.10 Å². The van der Waals surface area contributed by atoms with E-state index in [1.807, 2.05) is 18.2 Å². The van der Waals surface area contributed by atoms with E-state index < -0.39 is 0 Å². The molecule has 0 unspecified atom stereocenters. The third kappa shape index (κ3) is 2.24. The zero-order valence-electron chi connectivity index (χ0n) is 10.7. The summed E-state index contributed by atoms with van der Waals surface area (Å²) in [4.78, 5) is 8.98. The first-order valence-corrected chi connectivity index (χ1v) is 7.09. The molecule has 0 aliphatic heterocycles. The molecular weight excluding hydrogens is 258 g/mol. The second-order valence-electron chi connectivity index (χ2n) is 4.44. The molecule has 6 heteroatoms. The minimum Gasteiger partial charge on any atom is -0.337 e. The van der Waals surface area contributed by atoms with Crippen LogP contribution in [0.25, 0.3) is 21.7 Å². The molecule has 0 fully saturated rings. The number of nitrogens with zero attached hydrogens (tertiary/aromatic N) is 3. The summed E-state index contributed by atoms with van der Waals surface area (Å²) >= 11 is 1.39. The Balaban J connectivity index is 2.07. The molecule has 2 heterocycles. The second kappa shape index (κ2) is 5.07. The molecule has 5 nitrogen and oxygen atoms in total. The van der Waals surface area contributed by atoms with Crippen molar-refractivity contribution in [2.45, 2.75) is 26.3 Å². The number of imidazole rings is 1. The smallest absolute Gasteiger partial charge is 0.152 e. The number of hydrogen-bond acceptors (Lipinski definition) is 5. The van der Waals surface area contributed by atoms with Gasteiger partial charge in [0.2, 0.25) is 0 Å². The first kappa shape index (κ1) is 12.3. The van der Waals surface area contributed by atoms with Crippen molar-refractivity contribution in [1.82, 2.24) is 19.6 Å². The lowest BCUT2D eigenvalue weighted by Gasteiger charge is -1.94. The van der Waals surface area contributed by atoms with Crippen LogP contribution in [0.15, 0.2) is 18.2 Å². The standard InChI is InChI=1S/C13H15N5S/c1-2-3-10-12(19-18-17-10)13-15-9-5-4-8(7-14)6-11(9)16-13/h4-6H,2-3,7,14H2,1H3,(H,15,16). The highest BCUT2D eigenvalue weighted by Crippen LogP contribution is 2.27. The first-order chi connectivity index (χ1) is 9.31. The summed E-state index contributed by atoms with van der Waals surface area (Å²) in [6.45, 7) is 2.67. The lowest BCUT2D eigenvalue weighted by atomic mass is 10.2. The summed E-state index contributed by atoms with van der Waals surface area (Å²) < 4.78 is 4.03. The topological polar surface area (TPSA) is 80.5 Å². The van der Waals surface area contributed by atoms with E-state index in [1.54, 1.807) is 0 Å². The second-order valence-corrected chi connectivity index (χ2v) is 5.19. The lowest BCUT2D eigenvalue weighted by molar-refractivity contribution is 0.870. The van der Waals surface area contributed by atoms with Crippen LogP contribution in [0.2, 0.25) is 0 Å². The van der Waals surface area contributed by atoms with E-state index in [0.29, 0.717) is 6.54 Å². The zero-order chi connectivity index (χ0) is 13.2. The van der Waals surface area contributed by atoms with E-state index in [2.05, 4.69) is 26.5 Å². The highest BCUT2D eigenvalue weighted by atomic mass is 32.1. The number of rotatable bonds is 4. The van der Waals surface area contributed by atoms with E-state index in [-0.39, 0.29) is 0 Å². The molecule has 3 N–H and O–H groups in total. The van der Waals surface area contributed by atoms with Crippen molar-refractivity contribution in [3.63, 3.8) is 0 Å². The fraction of sp³-hybridized carbons (Fsp3) is 0.308. The van der Waals surface area contributed by atoms with Crippen molar-refractivity contribution in [1.29, 1.82) is 0 Å². The summed E-state index contributed by atoms with van der Waals surface area (Å²) in [5.41, 5.74) is 9.72. The number of aromatic amines is 1. The maximum Gasteiger partial charge on any atom is 0.152 e. The molecule has 98 valence electrons. The van der Waals surface area contributed by atoms with Gasteiger partial charge in [-0.05, 0) is 35.6 Å². The van der Waals surface area contributed by atoms with Gasteiger partial charge in [-0.1, -0.05) is 23.9 Å². The molecule has 3 rings (SSSR count). The predicted octanol–water partition coefficient (Wildman–Crippen LogP) is 2.49. The number of benzene rings is 1. The Hall–Kier alpha value is -1.79. The van der Waals surface area contributed by atoms with Crippen LogP contribution >= 0.6 is 11.5 Å². The van der Waals surface area contributed by atoms with Crippen molar-refractivity contribution >= 4 is 22.6 Å². The third-order valence-corrected chi connectivity index (χ3v) is 3.81. The average Bonchev–Trinajstić information content (AvgIpc) is 3.03. The Kier molecular flexibility index (Phi) is 3.27. The quantitative estimate of drug-likeness (QED) is 0.765. The zero-order valence-corrected chi connectivity index (χ0v) is 11.5. The Morgan fingerprint density at radius 2 is 2.26 bits per heavy atom. The van der Waals surface area contributed by atoms with Crippen LogP contribution in [-0.2, 0) is 13.0 Å². The fourth-order valence-electron chi connectivity index (χ4n) is 2.08. The van der Waals surface area contributed by atoms with Crippen molar-refractivity contribution in [2.75, 3.05) is 0 Å². The monoisotopic (exact) mass is 273 g/mol. The highest BCUT2D eigenvalue weighted by Gasteiger charge is 2.13. The van der Waals surface area contributed by atoms with E-state index in [1.165, 1.54) is 11.5 Å². The number of H-pyrrole nitrogens is 1. The molecule has 0 amide bonds. The van der Waals surface area contributed by atoms with Crippen molar-refractivity contribution in [2.24, 2.45) is 5.73 Å². The summed E-state index contributed by atoms with van der Waals surface area (Å²) in [5.74, 6) is 0.850. The summed E-state index contributed by atoms with van der Waals surface area (Å²) in [6, 6.07) is 6.04. The van der Waals surface area contributed by atoms with Crippen molar-refractivity contribution in [3.05, 3.63) is 29.5 Å². The van der Waals surface area contributed by atoms with Crippen LogP contribution in [0.5, 0.6) is 0 Å². The predicted molar refractivity (Wildman–Crippen MR) is 76.9 cm³/mol. The number of nitrogens with one attached hydrogen (secondary N) is 1. The van der Waals surface area contributed by atoms with Gasteiger partial charge in [-0.3, -0.25) is 0 Å². The maximum atomic E-state index is 5.65. The van der Waals surface area contributed by atoms with Gasteiger partial charge < -0.3 is 10.7 Å². The molecule has 0 saturated heterocycles. The highest BCUT2D eigenvalue weighted by molar-refractivity contribution is 7.09. The van der Waals surface area contributed by atoms with E-state index in [9.17, 15) is 0 Å². The van der Waals surface area contributed by atoms with Crippen LogP contribution in [-0.4, -0.2) is 19.6 Å². The summed E-state index contributed by atoms with van der Waals surface area (Å²) in [6.07, 6.45) is 1.98. The van der Waals surface area contributed by atoms with Gasteiger partial charge in [0.25, 0.3) is 0 Å². The maximum absolute atomic E-state index is 5.65. The number of fused-ring (bicyclic) bond motifs is 1. The largest absolute Gasteiger partial charge is 0.337 e. The van der Waals surface area contributed by atoms with Crippen molar-refractivity contribution < 1.29 is 0 Å². The van der Waals surface area contributed by atoms with E-state index >= 15 is 0 Å². The molecule has 19 heavy (non-hydrogen) atoms. The van der Waals surface area contributed by atoms with E-state index in [0.717, 1.165) is 45.8 Å². The molecule has 1 aromatic carbocycles. The first-order valence-electron chi connectivity index (χ1n) is 6.32. The SMILES string of the molecule is CCCc1nnsc1-c1nc2ccc(CN)cc2[nH]1.